The maximum absolute atomic E-state index is 14.4. The van der Waals surface area contributed by atoms with E-state index in [0.717, 1.165) is 17.5 Å². The van der Waals surface area contributed by atoms with Crippen LogP contribution in [0.1, 0.15) is 59.3 Å². The van der Waals surface area contributed by atoms with Gasteiger partial charge in [0.05, 0.1) is 12.0 Å². The molecule has 1 aliphatic heterocycles. The zero-order valence-electron chi connectivity index (χ0n) is 22.4. The molecule has 2 atom stereocenters. The van der Waals surface area contributed by atoms with Gasteiger partial charge in [0.1, 0.15) is 24.0 Å². The van der Waals surface area contributed by atoms with Crippen molar-refractivity contribution in [3.05, 3.63) is 131 Å². The summed E-state index contributed by atoms with van der Waals surface area (Å²) in [5.74, 6) is -0.632. The number of Topliss-reactive ketones (excluding diaryl/α,β-unsaturated/α-hetero) is 1. The predicted octanol–water partition coefficient (Wildman–Crippen LogP) is 7.86. The topological polar surface area (TPSA) is 46.6 Å². The molecule has 4 nitrogen and oxygen atoms in total. The highest BCUT2D eigenvalue weighted by Crippen LogP contribution is 2.46. The summed E-state index contributed by atoms with van der Waals surface area (Å²) in [7, 11) is 0. The second-order valence-corrected chi connectivity index (χ2v) is 10.1. The Labute approximate surface area is 233 Å². The zero-order valence-corrected chi connectivity index (χ0v) is 22.4. The number of hydrogen-bond donors (Lipinski definition) is 0. The van der Waals surface area contributed by atoms with Crippen LogP contribution in [0.2, 0.25) is 0 Å². The number of ketones is 1. The Kier molecular flexibility index (Phi) is 8.34. The Morgan fingerprint density at radius 1 is 0.900 bits per heavy atom. The third-order valence-corrected chi connectivity index (χ3v) is 7.36. The summed E-state index contributed by atoms with van der Waals surface area (Å²) >= 11 is 0. The average Bonchev–Trinajstić information content (AvgIpc) is 2.97. The third-order valence-electron chi connectivity index (χ3n) is 7.36. The second kappa shape index (κ2) is 12.2. The quantitative estimate of drug-likeness (QED) is 0.144. The summed E-state index contributed by atoms with van der Waals surface area (Å²) in [5, 5.41) is 0. The van der Waals surface area contributed by atoms with Gasteiger partial charge in [0.2, 0.25) is 5.91 Å². The lowest BCUT2D eigenvalue weighted by atomic mass is 9.78. The van der Waals surface area contributed by atoms with Crippen molar-refractivity contribution in [2.75, 3.05) is 4.90 Å². The molecule has 0 aromatic heterocycles. The number of hydrogen-bond acceptors (Lipinski definition) is 3. The Balaban J connectivity index is 1.37. The summed E-state index contributed by atoms with van der Waals surface area (Å²) in [6.07, 6.45) is 1.88. The van der Waals surface area contributed by atoms with E-state index in [4.69, 9.17) is 4.74 Å². The molecule has 0 bridgehead atoms. The Morgan fingerprint density at radius 3 is 2.33 bits per heavy atom. The summed E-state index contributed by atoms with van der Waals surface area (Å²) in [6.45, 7) is 2.43. The lowest BCUT2D eigenvalue weighted by molar-refractivity contribution is -0.130. The molecule has 1 fully saturated rings. The number of rotatable bonds is 11. The number of nitrogens with zero attached hydrogens (tertiary/aromatic N) is 1. The van der Waals surface area contributed by atoms with Crippen LogP contribution in [-0.2, 0) is 17.8 Å². The molecule has 5 rings (SSSR count). The van der Waals surface area contributed by atoms with Crippen LogP contribution in [0.15, 0.2) is 97.1 Å². The number of halogens is 2. The van der Waals surface area contributed by atoms with Gasteiger partial charge < -0.3 is 9.64 Å². The molecule has 0 aliphatic carbocycles. The summed E-state index contributed by atoms with van der Waals surface area (Å²) in [5.41, 5.74) is 3.61. The molecule has 1 amide bonds. The van der Waals surface area contributed by atoms with Crippen LogP contribution in [0.5, 0.6) is 5.75 Å². The van der Waals surface area contributed by atoms with Gasteiger partial charge in [0, 0.05) is 17.7 Å². The van der Waals surface area contributed by atoms with Gasteiger partial charge in [-0.1, -0.05) is 55.8 Å². The Bertz CT molecular complexity index is 1470. The van der Waals surface area contributed by atoms with E-state index in [1.54, 1.807) is 17.0 Å². The standard InChI is InChI=1S/C34H31F2NO3/c1-2-6-26-21-28(15-19-31(26)36)37-33(25-11-16-29(17-12-25)40-22-23-7-4-3-5-8-23)30(34(37)39)18-20-32(38)24-9-13-27(35)14-10-24/h3-5,7-17,19,21,30,33H,2,6,18,20,22H2,1H3. The molecule has 4 aromatic rings. The molecule has 0 radical (unpaired) electrons. The maximum Gasteiger partial charge on any atom is 0.233 e. The van der Waals surface area contributed by atoms with Crippen molar-refractivity contribution in [1.29, 1.82) is 0 Å². The average molecular weight is 540 g/mol. The van der Waals surface area contributed by atoms with Gasteiger partial charge >= 0.3 is 0 Å². The third kappa shape index (κ3) is 5.96. The SMILES string of the molecule is CCCc1cc(N2C(=O)C(CCC(=O)c3ccc(F)cc3)C2c2ccc(OCc3ccccc3)cc2)ccc1F. The first kappa shape index (κ1) is 27.3. The number of amides is 1. The first-order valence-corrected chi connectivity index (χ1v) is 13.6. The van der Waals surface area contributed by atoms with Crippen LogP contribution in [0.4, 0.5) is 14.5 Å². The minimum Gasteiger partial charge on any atom is -0.489 e. The lowest BCUT2D eigenvalue weighted by Gasteiger charge is -2.48. The van der Waals surface area contributed by atoms with Crippen molar-refractivity contribution >= 4 is 17.4 Å². The second-order valence-electron chi connectivity index (χ2n) is 10.1. The normalized spacial score (nSPS) is 16.5. The van der Waals surface area contributed by atoms with Crippen molar-refractivity contribution in [3.63, 3.8) is 0 Å². The molecule has 1 saturated heterocycles. The minimum atomic E-state index is -0.417. The van der Waals surface area contributed by atoms with Crippen molar-refractivity contribution in [2.24, 2.45) is 5.92 Å². The van der Waals surface area contributed by atoms with Crippen LogP contribution in [-0.4, -0.2) is 11.7 Å². The largest absolute Gasteiger partial charge is 0.489 e. The molecular formula is C34H31F2NO3. The number of carbonyl (C=O) groups excluding carboxylic acids is 2. The van der Waals surface area contributed by atoms with Crippen LogP contribution < -0.4 is 9.64 Å². The molecule has 1 aliphatic rings. The fourth-order valence-corrected chi connectivity index (χ4v) is 5.24. The van der Waals surface area contributed by atoms with E-state index in [9.17, 15) is 18.4 Å². The molecule has 4 aromatic carbocycles. The summed E-state index contributed by atoms with van der Waals surface area (Å²) < 4.78 is 33.6. The van der Waals surface area contributed by atoms with Crippen LogP contribution in [0.3, 0.4) is 0 Å². The molecule has 0 spiro atoms. The van der Waals surface area contributed by atoms with E-state index in [1.807, 2.05) is 61.5 Å². The van der Waals surface area contributed by atoms with Crippen LogP contribution in [0.25, 0.3) is 0 Å². The number of benzene rings is 4. The highest BCUT2D eigenvalue weighted by molar-refractivity contribution is 6.04. The van der Waals surface area contributed by atoms with E-state index in [-0.39, 0.29) is 30.0 Å². The first-order chi connectivity index (χ1) is 19.4. The van der Waals surface area contributed by atoms with Crippen LogP contribution in [0, 0.1) is 17.6 Å². The van der Waals surface area contributed by atoms with Crippen molar-refractivity contribution in [2.45, 2.75) is 45.3 Å². The number of carbonyl (C=O) groups is 2. The molecular weight excluding hydrogens is 508 g/mol. The Hall–Kier alpha value is -4.32. The van der Waals surface area contributed by atoms with E-state index in [2.05, 4.69) is 0 Å². The smallest absolute Gasteiger partial charge is 0.233 e. The molecule has 204 valence electrons. The van der Waals surface area contributed by atoms with Gasteiger partial charge in [-0.2, -0.15) is 0 Å². The Morgan fingerprint density at radius 2 is 1.62 bits per heavy atom. The number of ether oxygens (including phenoxy) is 1. The molecule has 0 saturated carbocycles. The lowest BCUT2D eigenvalue weighted by Crippen LogP contribution is -2.55. The molecule has 40 heavy (non-hydrogen) atoms. The fourth-order valence-electron chi connectivity index (χ4n) is 5.24. The fraction of sp³-hybridized carbons (Fsp3) is 0.235. The van der Waals surface area contributed by atoms with Crippen molar-refractivity contribution in [3.8, 4) is 5.75 Å². The summed E-state index contributed by atoms with van der Waals surface area (Å²) in [6, 6.07) is 27.5. The number of anilines is 1. The van der Waals surface area contributed by atoms with Crippen molar-refractivity contribution < 1.29 is 23.1 Å². The molecule has 2 unspecified atom stereocenters. The zero-order chi connectivity index (χ0) is 28.1. The van der Waals surface area contributed by atoms with Gasteiger partial charge in [0.15, 0.2) is 5.78 Å². The van der Waals surface area contributed by atoms with E-state index >= 15 is 0 Å². The van der Waals surface area contributed by atoms with Crippen molar-refractivity contribution in [1.82, 2.24) is 0 Å². The first-order valence-electron chi connectivity index (χ1n) is 13.6. The number of aryl methyl sites for hydroxylation is 1. The van der Waals surface area contributed by atoms with E-state index in [1.165, 1.54) is 30.3 Å². The highest BCUT2D eigenvalue weighted by Gasteiger charge is 2.48. The van der Waals surface area contributed by atoms with E-state index in [0.29, 0.717) is 42.0 Å². The number of β-lactam (4-membered cyclic amide) rings is 1. The summed E-state index contributed by atoms with van der Waals surface area (Å²) in [4.78, 5) is 28.0. The highest BCUT2D eigenvalue weighted by atomic mass is 19.1. The van der Waals surface area contributed by atoms with Gasteiger partial charge in [-0.25, -0.2) is 8.78 Å². The minimum absolute atomic E-state index is 0.102. The van der Waals surface area contributed by atoms with Crippen LogP contribution >= 0.6 is 0 Å². The molecule has 1 heterocycles. The monoisotopic (exact) mass is 539 g/mol. The van der Waals surface area contributed by atoms with Gasteiger partial charge in [-0.15, -0.1) is 0 Å². The van der Waals surface area contributed by atoms with Gasteiger partial charge in [-0.05, 0) is 84.1 Å². The van der Waals surface area contributed by atoms with E-state index < -0.39 is 11.7 Å². The van der Waals surface area contributed by atoms with Gasteiger partial charge in [-0.3, -0.25) is 9.59 Å². The predicted molar refractivity (Wildman–Crippen MR) is 151 cm³/mol. The molecule has 6 heteroatoms. The maximum atomic E-state index is 14.4. The molecule has 0 N–H and O–H groups in total. The van der Waals surface area contributed by atoms with Gasteiger partial charge in [0.25, 0.3) is 0 Å².